The molecule has 0 radical (unpaired) electrons. The van der Waals surface area contributed by atoms with Gasteiger partial charge in [-0.3, -0.25) is 4.79 Å². The van der Waals surface area contributed by atoms with Crippen LogP contribution < -0.4 is 5.43 Å². The van der Waals surface area contributed by atoms with Gasteiger partial charge in [-0.05, 0) is 61.9 Å². The number of carbonyl (C=O) groups is 1. The number of aryl methyl sites for hydroxylation is 1. The lowest BCUT2D eigenvalue weighted by Crippen LogP contribution is -2.20. The SMILES string of the molecule is CCn1c(SCC(=O)N/N=C/c2ccc3c(c2)c2ccccc2n3CC)nnc1-c1ccc(Cl)cc1. The Balaban J connectivity index is 1.24. The first-order chi connectivity index (χ1) is 17.6. The van der Waals surface area contributed by atoms with E-state index in [1.165, 1.54) is 33.6 Å². The molecule has 1 N–H and O–H groups in total. The quantitative estimate of drug-likeness (QED) is 0.156. The molecule has 7 nitrogen and oxygen atoms in total. The molecule has 5 rings (SSSR count). The molecule has 0 unspecified atom stereocenters. The molecule has 0 aliphatic heterocycles. The molecular formula is C27H25ClN6OS. The van der Waals surface area contributed by atoms with E-state index in [4.69, 9.17) is 11.6 Å². The smallest absolute Gasteiger partial charge is 0.250 e. The highest BCUT2D eigenvalue weighted by atomic mass is 35.5. The minimum absolute atomic E-state index is 0.180. The summed E-state index contributed by atoms with van der Waals surface area (Å²) in [6.07, 6.45) is 1.67. The second-order valence-corrected chi connectivity index (χ2v) is 9.56. The number of carbonyl (C=O) groups excluding carboxylic acids is 1. The van der Waals surface area contributed by atoms with Gasteiger partial charge in [0.1, 0.15) is 0 Å². The largest absolute Gasteiger partial charge is 0.341 e. The van der Waals surface area contributed by atoms with Crippen molar-refractivity contribution < 1.29 is 4.79 Å². The topological polar surface area (TPSA) is 77.1 Å². The van der Waals surface area contributed by atoms with E-state index in [2.05, 4.69) is 68.6 Å². The fourth-order valence-electron chi connectivity index (χ4n) is 4.33. The Morgan fingerprint density at radius 2 is 1.72 bits per heavy atom. The molecule has 0 fully saturated rings. The average molecular weight is 517 g/mol. The Bertz CT molecular complexity index is 1570. The zero-order valence-corrected chi connectivity index (χ0v) is 21.6. The minimum atomic E-state index is -0.210. The van der Waals surface area contributed by atoms with E-state index in [0.29, 0.717) is 16.7 Å². The lowest BCUT2D eigenvalue weighted by Gasteiger charge is -2.07. The zero-order valence-electron chi connectivity index (χ0n) is 20.0. The third-order valence-corrected chi connectivity index (χ3v) is 7.20. The van der Waals surface area contributed by atoms with Crippen molar-refractivity contribution >= 4 is 57.3 Å². The predicted molar refractivity (Wildman–Crippen MR) is 148 cm³/mol. The lowest BCUT2D eigenvalue weighted by atomic mass is 10.1. The standard InChI is InChI=1S/C27H25ClN6OS/c1-3-33-23-8-6-5-7-21(23)22-15-18(9-14-24(22)33)16-29-30-25(35)17-36-27-32-31-26(34(27)4-2)19-10-12-20(28)13-11-19/h5-16H,3-4,17H2,1-2H3,(H,30,35)/b29-16+. The summed E-state index contributed by atoms with van der Waals surface area (Å²) in [4.78, 5) is 12.4. The number of hydrogen-bond acceptors (Lipinski definition) is 5. The van der Waals surface area contributed by atoms with Gasteiger partial charge in [-0.25, -0.2) is 5.43 Å². The number of amides is 1. The molecule has 3 aromatic carbocycles. The number of nitrogens with one attached hydrogen (secondary N) is 1. The maximum Gasteiger partial charge on any atom is 0.250 e. The van der Waals surface area contributed by atoms with Crippen molar-refractivity contribution in [2.24, 2.45) is 5.10 Å². The van der Waals surface area contributed by atoms with Gasteiger partial charge in [-0.2, -0.15) is 5.10 Å². The van der Waals surface area contributed by atoms with E-state index in [-0.39, 0.29) is 11.7 Å². The highest BCUT2D eigenvalue weighted by molar-refractivity contribution is 7.99. The monoisotopic (exact) mass is 516 g/mol. The van der Waals surface area contributed by atoms with Gasteiger partial charge in [-0.15, -0.1) is 10.2 Å². The van der Waals surface area contributed by atoms with E-state index in [9.17, 15) is 4.79 Å². The van der Waals surface area contributed by atoms with Crippen molar-refractivity contribution in [2.45, 2.75) is 32.1 Å². The number of thioether (sulfide) groups is 1. The lowest BCUT2D eigenvalue weighted by molar-refractivity contribution is -0.118. The van der Waals surface area contributed by atoms with Crippen LogP contribution in [0.2, 0.25) is 5.02 Å². The minimum Gasteiger partial charge on any atom is -0.341 e. The number of rotatable bonds is 8. The highest BCUT2D eigenvalue weighted by Crippen LogP contribution is 2.29. The number of halogens is 1. The van der Waals surface area contributed by atoms with Crippen molar-refractivity contribution in [3.8, 4) is 11.4 Å². The molecule has 0 saturated heterocycles. The summed E-state index contributed by atoms with van der Waals surface area (Å²) < 4.78 is 4.28. The van der Waals surface area contributed by atoms with Crippen LogP contribution >= 0.6 is 23.4 Å². The van der Waals surface area contributed by atoms with Crippen molar-refractivity contribution in [3.63, 3.8) is 0 Å². The Labute approximate surface area is 218 Å². The molecular weight excluding hydrogens is 492 g/mol. The first-order valence-electron chi connectivity index (χ1n) is 11.7. The molecule has 182 valence electrons. The molecule has 36 heavy (non-hydrogen) atoms. The van der Waals surface area contributed by atoms with Crippen LogP contribution in [-0.2, 0) is 17.9 Å². The molecule has 0 aliphatic carbocycles. The summed E-state index contributed by atoms with van der Waals surface area (Å²) in [7, 11) is 0. The molecule has 9 heteroatoms. The van der Waals surface area contributed by atoms with E-state index < -0.39 is 0 Å². The normalized spacial score (nSPS) is 11.6. The summed E-state index contributed by atoms with van der Waals surface area (Å²) in [6, 6.07) is 22.1. The molecule has 2 heterocycles. The van der Waals surface area contributed by atoms with E-state index >= 15 is 0 Å². The summed E-state index contributed by atoms with van der Waals surface area (Å²) in [5, 5.41) is 16.5. The molecule has 0 spiro atoms. The summed E-state index contributed by atoms with van der Waals surface area (Å²) in [5.74, 6) is 0.715. The van der Waals surface area contributed by atoms with Crippen LogP contribution in [0.1, 0.15) is 19.4 Å². The van der Waals surface area contributed by atoms with Crippen LogP contribution in [0.3, 0.4) is 0 Å². The number of hydrogen-bond donors (Lipinski definition) is 1. The summed E-state index contributed by atoms with van der Waals surface area (Å²) in [6.45, 7) is 5.75. The molecule has 0 aliphatic rings. The van der Waals surface area contributed by atoms with Crippen molar-refractivity contribution in [3.05, 3.63) is 77.3 Å². The van der Waals surface area contributed by atoms with Crippen molar-refractivity contribution in [2.75, 3.05) is 5.75 Å². The zero-order chi connectivity index (χ0) is 25.1. The number of benzene rings is 3. The van der Waals surface area contributed by atoms with Crippen LogP contribution in [0, 0.1) is 0 Å². The van der Waals surface area contributed by atoms with Gasteiger partial charge in [0, 0.05) is 45.5 Å². The fourth-order valence-corrected chi connectivity index (χ4v) is 5.25. The van der Waals surface area contributed by atoms with Crippen LogP contribution in [0.4, 0.5) is 0 Å². The van der Waals surface area contributed by atoms with Gasteiger partial charge in [0.05, 0.1) is 12.0 Å². The van der Waals surface area contributed by atoms with E-state index in [1.807, 2.05) is 41.8 Å². The third-order valence-electron chi connectivity index (χ3n) is 5.98. The fraction of sp³-hybridized carbons (Fsp3) is 0.185. The maximum absolute atomic E-state index is 12.4. The van der Waals surface area contributed by atoms with Gasteiger partial charge in [0.2, 0.25) is 0 Å². The third kappa shape index (κ3) is 4.74. The van der Waals surface area contributed by atoms with Gasteiger partial charge >= 0.3 is 0 Å². The van der Waals surface area contributed by atoms with Crippen LogP contribution in [0.5, 0.6) is 0 Å². The van der Waals surface area contributed by atoms with E-state index in [0.717, 1.165) is 23.5 Å². The number of aromatic nitrogens is 4. The molecule has 2 aromatic heterocycles. The average Bonchev–Trinajstić information content (AvgIpc) is 3.46. The summed E-state index contributed by atoms with van der Waals surface area (Å²) in [5.41, 5.74) is 6.87. The van der Waals surface area contributed by atoms with Crippen LogP contribution in [0.15, 0.2) is 77.0 Å². The number of nitrogens with zero attached hydrogens (tertiary/aromatic N) is 5. The number of hydrazone groups is 1. The van der Waals surface area contributed by atoms with Gasteiger partial charge < -0.3 is 9.13 Å². The first-order valence-corrected chi connectivity index (χ1v) is 13.1. The molecule has 1 amide bonds. The second kappa shape index (κ2) is 10.6. The first kappa shape index (κ1) is 24.1. The highest BCUT2D eigenvalue weighted by Gasteiger charge is 2.14. The maximum atomic E-state index is 12.4. The molecule has 0 saturated carbocycles. The Hall–Kier alpha value is -3.62. The Kier molecular flexibility index (Phi) is 7.06. The van der Waals surface area contributed by atoms with Gasteiger partial charge in [0.25, 0.3) is 5.91 Å². The predicted octanol–water partition coefficient (Wildman–Crippen LogP) is 5.99. The Morgan fingerprint density at radius 1 is 0.972 bits per heavy atom. The van der Waals surface area contributed by atoms with Gasteiger partial charge in [0.15, 0.2) is 11.0 Å². The van der Waals surface area contributed by atoms with Crippen LogP contribution in [0.25, 0.3) is 33.2 Å². The second-order valence-electron chi connectivity index (χ2n) is 8.18. The van der Waals surface area contributed by atoms with Crippen LogP contribution in [-0.4, -0.2) is 37.2 Å². The number of fused-ring (bicyclic) bond motifs is 3. The van der Waals surface area contributed by atoms with Gasteiger partial charge in [-0.1, -0.05) is 47.6 Å². The molecule has 0 atom stereocenters. The summed E-state index contributed by atoms with van der Waals surface area (Å²) >= 11 is 7.32. The van der Waals surface area contributed by atoms with Crippen molar-refractivity contribution in [1.82, 2.24) is 24.8 Å². The van der Waals surface area contributed by atoms with E-state index in [1.54, 1.807) is 6.21 Å². The number of para-hydroxylation sites is 1. The molecule has 0 bridgehead atoms. The van der Waals surface area contributed by atoms with Crippen molar-refractivity contribution in [1.29, 1.82) is 0 Å². The molecule has 5 aromatic rings. The Morgan fingerprint density at radius 3 is 2.50 bits per heavy atom.